The van der Waals surface area contributed by atoms with Crippen molar-refractivity contribution in [3.8, 4) is 6.07 Å². The van der Waals surface area contributed by atoms with Crippen molar-refractivity contribution >= 4 is 5.69 Å². The van der Waals surface area contributed by atoms with E-state index in [-0.39, 0.29) is 6.10 Å². The lowest BCUT2D eigenvalue weighted by atomic mass is 10.2. The molecular weight excluding hydrogens is 221 g/mol. The van der Waals surface area contributed by atoms with E-state index in [0.717, 1.165) is 0 Å². The van der Waals surface area contributed by atoms with Crippen molar-refractivity contribution in [2.24, 2.45) is 0 Å². The van der Waals surface area contributed by atoms with E-state index >= 15 is 0 Å². The number of benzene rings is 1. The molecule has 0 fully saturated rings. The standard InChI is InChI=1S/C12H16FN3O/c1-9(17)8-15-2-3-16-12-5-10(7-14)4-11(13)6-12/h4-6,9,15-17H,2-3,8H2,1H3. The van der Waals surface area contributed by atoms with Gasteiger partial charge in [-0.05, 0) is 25.1 Å². The van der Waals surface area contributed by atoms with E-state index < -0.39 is 5.82 Å². The molecule has 0 saturated carbocycles. The summed E-state index contributed by atoms with van der Waals surface area (Å²) in [5.74, 6) is -0.427. The fraction of sp³-hybridized carbons (Fsp3) is 0.417. The smallest absolute Gasteiger partial charge is 0.126 e. The van der Waals surface area contributed by atoms with Crippen LogP contribution in [0.5, 0.6) is 0 Å². The zero-order valence-corrected chi connectivity index (χ0v) is 9.70. The van der Waals surface area contributed by atoms with Crippen molar-refractivity contribution in [3.05, 3.63) is 29.6 Å². The van der Waals surface area contributed by atoms with E-state index in [9.17, 15) is 4.39 Å². The maximum absolute atomic E-state index is 13.1. The van der Waals surface area contributed by atoms with E-state index in [2.05, 4.69) is 10.6 Å². The van der Waals surface area contributed by atoms with E-state index in [4.69, 9.17) is 10.4 Å². The highest BCUT2D eigenvalue weighted by Crippen LogP contribution is 2.12. The molecule has 0 saturated heterocycles. The Morgan fingerprint density at radius 2 is 2.18 bits per heavy atom. The highest BCUT2D eigenvalue weighted by molar-refractivity contribution is 5.49. The first kappa shape index (κ1) is 13.4. The van der Waals surface area contributed by atoms with Crippen LogP contribution in [0.1, 0.15) is 12.5 Å². The molecule has 92 valence electrons. The van der Waals surface area contributed by atoms with Crippen molar-refractivity contribution in [1.82, 2.24) is 5.32 Å². The lowest BCUT2D eigenvalue weighted by Crippen LogP contribution is -2.28. The van der Waals surface area contributed by atoms with Gasteiger partial charge < -0.3 is 15.7 Å². The Morgan fingerprint density at radius 1 is 1.41 bits per heavy atom. The summed E-state index contributed by atoms with van der Waals surface area (Å²) < 4.78 is 13.1. The number of nitrogens with zero attached hydrogens (tertiary/aromatic N) is 1. The Hall–Kier alpha value is -1.64. The number of rotatable bonds is 6. The van der Waals surface area contributed by atoms with Gasteiger partial charge in [-0.15, -0.1) is 0 Å². The molecule has 1 aromatic rings. The number of aliphatic hydroxyl groups excluding tert-OH is 1. The molecule has 0 aliphatic carbocycles. The zero-order valence-electron chi connectivity index (χ0n) is 9.70. The summed E-state index contributed by atoms with van der Waals surface area (Å²) in [6, 6.07) is 6.03. The minimum Gasteiger partial charge on any atom is -0.392 e. The van der Waals surface area contributed by atoms with Crippen molar-refractivity contribution < 1.29 is 9.50 Å². The second-order valence-corrected chi connectivity index (χ2v) is 3.82. The number of nitrogens with one attached hydrogen (secondary N) is 2. The van der Waals surface area contributed by atoms with E-state index in [1.807, 2.05) is 6.07 Å². The average Bonchev–Trinajstić information content (AvgIpc) is 2.27. The third-order valence-corrected chi connectivity index (χ3v) is 2.10. The highest BCUT2D eigenvalue weighted by Gasteiger charge is 2.00. The monoisotopic (exact) mass is 237 g/mol. The summed E-state index contributed by atoms with van der Waals surface area (Å²) in [6.45, 7) is 3.48. The van der Waals surface area contributed by atoms with Gasteiger partial charge in [0, 0.05) is 25.3 Å². The maximum atomic E-state index is 13.1. The second kappa shape index (κ2) is 6.84. The molecule has 0 heterocycles. The lowest BCUT2D eigenvalue weighted by Gasteiger charge is -2.09. The molecule has 0 spiro atoms. The lowest BCUT2D eigenvalue weighted by molar-refractivity contribution is 0.192. The summed E-state index contributed by atoms with van der Waals surface area (Å²) in [5, 5.41) is 23.7. The molecule has 4 nitrogen and oxygen atoms in total. The zero-order chi connectivity index (χ0) is 12.7. The number of halogens is 1. The van der Waals surface area contributed by atoms with Crippen LogP contribution in [-0.4, -0.2) is 30.8 Å². The van der Waals surface area contributed by atoms with Crippen molar-refractivity contribution in [2.75, 3.05) is 25.0 Å². The predicted octanol–water partition coefficient (Wildman–Crippen LogP) is 1.08. The van der Waals surface area contributed by atoms with E-state index in [0.29, 0.717) is 30.9 Å². The molecule has 0 amide bonds. The molecule has 1 aromatic carbocycles. The third kappa shape index (κ3) is 5.29. The van der Waals surface area contributed by atoms with Crippen LogP contribution in [-0.2, 0) is 0 Å². The first-order chi connectivity index (χ1) is 8.11. The van der Waals surface area contributed by atoms with Crippen LogP contribution in [0, 0.1) is 17.1 Å². The number of anilines is 1. The summed E-state index contributed by atoms with van der Waals surface area (Å²) in [4.78, 5) is 0. The fourth-order valence-corrected chi connectivity index (χ4v) is 1.36. The summed E-state index contributed by atoms with van der Waals surface area (Å²) in [6.07, 6.45) is -0.380. The minimum atomic E-state index is -0.427. The van der Waals surface area contributed by atoms with Crippen LogP contribution in [0.3, 0.4) is 0 Å². The SMILES string of the molecule is CC(O)CNCCNc1cc(F)cc(C#N)c1. The van der Waals surface area contributed by atoms with Gasteiger partial charge in [-0.25, -0.2) is 4.39 Å². The molecular formula is C12H16FN3O. The van der Waals surface area contributed by atoms with Crippen LogP contribution in [0.2, 0.25) is 0 Å². The number of hydrogen-bond acceptors (Lipinski definition) is 4. The quantitative estimate of drug-likeness (QED) is 0.648. The Bertz CT molecular complexity index is 401. The van der Waals surface area contributed by atoms with Crippen LogP contribution in [0.4, 0.5) is 10.1 Å². The third-order valence-electron chi connectivity index (χ3n) is 2.10. The van der Waals surface area contributed by atoms with Crippen LogP contribution >= 0.6 is 0 Å². The topological polar surface area (TPSA) is 68.1 Å². The molecule has 0 aliphatic heterocycles. The van der Waals surface area contributed by atoms with E-state index in [1.54, 1.807) is 13.0 Å². The Labute approximate surface area is 100 Å². The molecule has 0 bridgehead atoms. The van der Waals surface area contributed by atoms with Gasteiger partial charge in [0.1, 0.15) is 5.82 Å². The van der Waals surface area contributed by atoms with Gasteiger partial charge in [-0.3, -0.25) is 0 Å². The first-order valence-electron chi connectivity index (χ1n) is 5.45. The van der Waals surface area contributed by atoms with Gasteiger partial charge in [-0.2, -0.15) is 5.26 Å². The van der Waals surface area contributed by atoms with Crippen molar-refractivity contribution in [2.45, 2.75) is 13.0 Å². The summed E-state index contributed by atoms with van der Waals surface area (Å²) in [5.41, 5.74) is 0.879. The molecule has 5 heteroatoms. The minimum absolute atomic E-state index is 0.296. The van der Waals surface area contributed by atoms with Crippen LogP contribution in [0.15, 0.2) is 18.2 Å². The molecule has 1 rings (SSSR count). The molecule has 0 aromatic heterocycles. The average molecular weight is 237 g/mol. The van der Waals surface area contributed by atoms with Gasteiger partial charge in [-0.1, -0.05) is 0 Å². The number of hydrogen-bond donors (Lipinski definition) is 3. The molecule has 0 radical (unpaired) electrons. The van der Waals surface area contributed by atoms with Gasteiger partial charge in [0.25, 0.3) is 0 Å². The fourth-order valence-electron chi connectivity index (χ4n) is 1.36. The number of aliphatic hydroxyl groups is 1. The molecule has 3 N–H and O–H groups in total. The van der Waals surface area contributed by atoms with Gasteiger partial charge in [0.05, 0.1) is 17.7 Å². The highest BCUT2D eigenvalue weighted by atomic mass is 19.1. The van der Waals surface area contributed by atoms with Gasteiger partial charge in [0.2, 0.25) is 0 Å². The van der Waals surface area contributed by atoms with Crippen molar-refractivity contribution in [3.63, 3.8) is 0 Å². The summed E-state index contributed by atoms with van der Waals surface area (Å²) >= 11 is 0. The van der Waals surface area contributed by atoms with Crippen LogP contribution in [0.25, 0.3) is 0 Å². The van der Waals surface area contributed by atoms with Gasteiger partial charge in [0.15, 0.2) is 0 Å². The molecule has 1 atom stereocenters. The maximum Gasteiger partial charge on any atom is 0.126 e. The van der Waals surface area contributed by atoms with Crippen LogP contribution < -0.4 is 10.6 Å². The first-order valence-corrected chi connectivity index (χ1v) is 5.45. The van der Waals surface area contributed by atoms with Gasteiger partial charge >= 0.3 is 0 Å². The molecule has 17 heavy (non-hydrogen) atoms. The Kier molecular flexibility index (Phi) is 5.40. The largest absolute Gasteiger partial charge is 0.392 e. The molecule has 1 unspecified atom stereocenters. The van der Waals surface area contributed by atoms with Crippen molar-refractivity contribution in [1.29, 1.82) is 5.26 Å². The Morgan fingerprint density at radius 3 is 2.82 bits per heavy atom. The number of nitriles is 1. The Balaban J connectivity index is 2.37. The second-order valence-electron chi connectivity index (χ2n) is 3.82. The normalized spacial score (nSPS) is 11.9. The predicted molar refractivity (Wildman–Crippen MR) is 64.2 cm³/mol. The van der Waals surface area contributed by atoms with E-state index in [1.165, 1.54) is 12.1 Å². The molecule has 0 aliphatic rings. The summed E-state index contributed by atoms with van der Waals surface area (Å²) in [7, 11) is 0.